The first kappa shape index (κ1) is 13.8. The van der Waals surface area contributed by atoms with Gasteiger partial charge in [0.2, 0.25) is 0 Å². The molecule has 2 rings (SSSR count). The van der Waals surface area contributed by atoms with Crippen LogP contribution in [0.3, 0.4) is 0 Å². The molecule has 2 aromatic rings. The number of phenols is 2. The molecule has 0 aromatic heterocycles. The molecule has 100 valence electrons. The maximum atomic E-state index is 10.2. The minimum Gasteiger partial charge on any atom is -0.506 e. The third-order valence-electron chi connectivity index (χ3n) is 3.15. The highest BCUT2D eigenvalue weighted by Gasteiger charge is 2.11. The molecule has 2 N–H and O–H groups in total. The summed E-state index contributed by atoms with van der Waals surface area (Å²) in [7, 11) is 0. The van der Waals surface area contributed by atoms with Gasteiger partial charge in [0.1, 0.15) is 11.5 Å². The van der Waals surface area contributed by atoms with Gasteiger partial charge in [0.05, 0.1) is 9.79 Å². The Morgan fingerprint density at radius 2 is 1.21 bits per heavy atom. The number of aromatic hydroxyl groups is 2. The molecule has 0 fully saturated rings. The first-order chi connectivity index (χ1) is 9.17. The van der Waals surface area contributed by atoms with Crippen molar-refractivity contribution in [3.8, 4) is 11.5 Å². The summed E-state index contributed by atoms with van der Waals surface area (Å²) >= 11 is 1.40. The molecule has 3 heteroatoms. The molecule has 2 nitrogen and oxygen atoms in total. The van der Waals surface area contributed by atoms with E-state index in [0.717, 1.165) is 33.8 Å². The first-order valence-corrected chi connectivity index (χ1v) is 7.28. The van der Waals surface area contributed by atoms with E-state index in [-0.39, 0.29) is 0 Å². The van der Waals surface area contributed by atoms with Crippen LogP contribution in [0.25, 0.3) is 0 Å². The van der Waals surface area contributed by atoms with Gasteiger partial charge in [-0.25, -0.2) is 0 Å². The van der Waals surface area contributed by atoms with Gasteiger partial charge in [-0.3, -0.25) is 0 Å². The summed E-state index contributed by atoms with van der Waals surface area (Å²) in [6.07, 6.45) is 1.59. The summed E-state index contributed by atoms with van der Waals surface area (Å²) in [4.78, 5) is 1.56. The Morgan fingerprint density at radius 1 is 0.789 bits per heavy atom. The second-order valence-corrected chi connectivity index (χ2v) is 5.42. The highest BCUT2D eigenvalue weighted by molar-refractivity contribution is 7.99. The topological polar surface area (TPSA) is 40.5 Å². The lowest BCUT2D eigenvalue weighted by molar-refractivity contribution is 0.453. The number of benzene rings is 2. The van der Waals surface area contributed by atoms with Gasteiger partial charge in [-0.1, -0.05) is 49.9 Å². The van der Waals surface area contributed by atoms with Crippen molar-refractivity contribution >= 4 is 11.8 Å². The SMILES string of the molecule is CCc1cccc(Sc2cccc(CC)c2O)c1O. The van der Waals surface area contributed by atoms with Crippen LogP contribution in [0.15, 0.2) is 46.2 Å². The molecule has 0 bridgehead atoms. The molecule has 0 saturated carbocycles. The average molecular weight is 274 g/mol. The molecule has 19 heavy (non-hydrogen) atoms. The Labute approximate surface area is 118 Å². The second-order valence-electron chi connectivity index (χ2n) is 4.34. The average Bonchev–Trinajstić information content (AvgIpc) is 2.43. The first-order valence-electron chi connectivity index (χ1n) is 6.46. The maximum Gasteiger partial charge on any atom is 0.132 e. The van der Waals surface area contributed by atoms with Crippen molar-refractivity contribution in [2.75, 3.05) is 0 Å². The normalized spacial score (nSPS) is 10.6. The van der Waals surface area contributed by atoms with E-state index >= 15 is 0 Å². The lowest BCUT2D eigenvalue weighted by Gasteiger charge is -2.11. The number of hydrogen-bond donors (Lipinski definition) is 2. The summed E-state index contributed by atoms with van der Waals surface area (Å²) in [5.74, 6) is 0.632. The second kappa shape index (κ2) is 6.02. The Balaban J connectivity index is 2.36. The van der Waals surface area contributed by atoms with E-state index in [2.05, 4.69) is 0 Å². The Kier molecular flexibility index (Phi) is 4.38. The maximum absolute atomic E-state index is 10.2. The third-order valence-corrected chi connectivity index (χ3v) is 4.25. The molecule has 0 saturated heterocycles. The van der Waals surface area contributed by atoms with Crippen LogP contribution in [0.4, 0.5) is 0 Å². The Bertz CT molecular complexity index is 527. The van der Waals surface area contributed by atoms with Crippen LogP contribution in [-0.4, -0.2) is 10.2 Å². The summed E-state index contributed by atoms with van der Waals surface area (Å²) in [6.45, 7) is 4.03. The fraction of sp³-hybridized carbons (Fsp3) is 0.250. The van der Waals surface area contributed by atoms with Crippen LogP contribution in [0.5, 0.6) is 11.5 Å². The van der Waals surface area contributed by atoms with E-state index < -0.39 is 0 Å². The van der Waals surface area contributed by atoms with E-state index in [9.17, 15) is 10.2 Å². The molecule has 0 radical (unpaired) electrons. The standard InChI is InChI=1S/C16H18O2S/c1-3-11-7-5-9-13(15(11)17)19-14-10-6-8-12(4-2)16(14)18/h5-10,17-18H,3-4H2,1-2H3. The largest absolute Gasteiger partial charge is 0.506 e. The molecule has 2 aromatic carbocycles. The van der Waals surface area contributed by atoms with Gasteiger partial charge >= 0.3 is 0 Å². The van der Waals surface area contributed by atoms with E-state index in [1.807, 2.05) is 50.2 Å². The molecular formula is C16H18O2S. The lowest BCUT2D eigenvalue weighted by atomic mass is 10.1. The summed E-state index contributed by atoms with van der Waals surface area (Å²) < 4.78 is 0. The lowest BCUT2D eigenvalue weighted by Crippen LogP contribution is -1.86. The molecular weight excluding hydrogens is 256 g/mol. The third kappa shape index (κ3) is 2.87. The van der Waals surface area contributed by atoms with Gasteiger partial charge in [0.15, 0.2) is 0 Å². The highest BCUT2D eigenvalue weighted by Crippen LogP contribution is 2.41. The molecule has 0 atom stereocenters. The van der Waals surface area contributed by atoms with Gasteiger partial charge in [0, 0.05) is 0 Å². The summed E-state index contributed by atoms with van der Waals surface area (Å²) in [5.41, 5.74) is 1.85. The number of aryl methyl sites for hydroxylation is 2. The molecule has 0 unspecified atom stereocenters. The van der Waals surface area contributed by atoms with E-state index in [4.69, 9.17) is 0 Å². The zero-order chi connectivity index (χ0) is 13.8. The van der Waals surface area contributed by atoms with Crippen molar-refractivity contribution < 1.29 is 10.2 Å². The van der Waals surface area contributed by atoms with E-state index in [0.29, 0.717) is 11.5 Å². The van der Waals surface area contributed by atoms with Crippen molar-refractivity contribution in [1.82, 2.24) is 0 Å². The van der Waals surface area contributed by atoms with Crippen LogP contribution in [0.2, 0.25) is 0 Å². The van der Waals surface area contributed by atoms with Crippen LogP contribution in [0.1, 0.15) is 25.0 Å². The minimum atomic E-state index is 0.316. The fourth-order valence-electron chi connectivity index (χ4n) is 1.99. The predicted octanol–water partition coefficient (Wildman–Crippen LogP) is 4.37. The Morgan fingerprint density at radius 3 is 1.58 bits per heavy atom. The van der Waals surface area contributed by atoms with Gasteiger partial charge in [-0.05, 0) is 36.1 Å². The molecule has 0 aliphatic carbocycles. The number of hydrogen-bond acceptors (Lipinski definition) is 3. The van der Waals surface area contributed by atoms with E-state index in [1.54, 1.807) is 0 Å². The van der Waals surface area contributed by atoms with Gasteiger partial charge in [-0.2, -0.15) is 0 Å². The van der Waals surface area contributed by atoms with Gasteiger partial charge in [0.25, 0.3) is 0 Å². The van der Waals surface area contributed by atoms with Crippen LogP contribution in [-0.2, 0) is 12.8 Å². The number of para-hydroxylation sites is 2. The van der Waals surface area contributed by atoms with Gasteiger partial charge < -0.3 is 10.2 Å². The molecule has 0 heterocycles. The van der Waals surface area contributed by atoms with Crippen molar-refractivity contribution in [2.24, 2.45) is 0 Å². The predicted molar refractivity (Wildman–Crippen MR) is 79.1 cm³/mol. The fourth-order valence-corrected chi connectivity index (χ4v) is 2.98. The van der Waals surface area contributed by atoms with Crippen LogP contribution < -0.4 is 0 Å². The molecule has 0 amide bonds. The smallest absolute Gasteiger partial charge is 0.132 e. The summed E-state index contributed by atoms with van der Waals surface area (Å²) in [6, 6.07) is 11.4. The van der Waals surface area contributed by atoms with Crippen molar-refractivity contribution in [3.63, 3.8) is 0 Å². The zero-order valence-electron chi connectivity index (χ0n) is 11.2. The Hall–Kier alpha value is -1.61. The molecule has 0 aliphatic rings. The minimum absolute atomic E-state index is 0.316. The van der Waals surface area contributed by atoms with Gasteiger partial charge in [-0.15, -0.1) is 0 Å². The van der Waals surface area contributed by atoms with Crippen LogP contribution >= 0.6 is 11.8 Å². The highest BCUT2D eigenvalue weighted by atomic mass is 32.2. The van der Waals surface area contributed by atoms with Crippen LogP contribution in [0, 0.1) is 0 Å². The molecule has 0 spiro atoms. The van der Waals surface area contributed by atoms with Crippen molar-refractivity contribution in [1.29, 1.82) is 0 Å². The monoisotopic (exact) mass is 274 g/mol. The zero-order valence-corrected chi connectivity index (χ0v) is 12.0. The number of rotatable bonds is 4. The van der Waals surface area contributed by atoms with Crippen molar-refractivity contribution in [3.05, 3.63) is 47.5 Å². The van der Waals surface area contributed by atoms with E-state index in [1.165, 1.54) is 11.8 Å². The quantitative estimate of drug-likeness (QED) is 0.869. The summed E-state index contributed by atoms with van der Waals surface area (Å²) in [5, 5.41) is 20.3. The van der Waals surface area contributed by atoms with Crippen molar-refractivity contribution in [2.45, 2.75) is 36.5 Å². The molecule has 0 aliphatic heterocycles. The number of phenolic OH excluding ortho intramolecular Hbond substituents is 2.